The predicted molar refractivity (Wildman–Crippen MR) is 178 cm³/mol. The Morgan fingerprint density at radius 3 is 2.20 bits per heavy atom. The van der Waals surface area contributed by atoms with Gasteiger partial charge in [-0.2, -0.15) is 0 Å². The number of aliphatic hydroxyl groups is 2. The van der Waals surface area contributed by atoms with E-state index in [0.717, 1.165) is 25.7 Å². The maximum Gasteiger partial charge on any atom is 0.328 e. The first kappa shape index (κ1) is 36.9. The third-order valence-corrected chi connectivity index (χ3v) is 16.0. The molecule has 12 atom stereocenters. The summed E-state index contributed by atoms with van der Waals surface area (Å²) in [5, 5.41) is 22.8. The van der Waals surface area contributed by atoms with Crippen LogP contribution >= 0.6 is 0 Å². The molecule has 0 aromatic carbocycles. The molecule has 1 aliphatic heterocycles. The summed E-state index contributed by atoms with van der Waals surface area (Å²) in [5.74, 6) is -5.35. The molecule has 0 radical (unpaired) electrons. The maximum atomic E-state index is 15.9. The van der Waals surface area contributed by atoms with Crippen molar-refractivity contribution in [2.75, 3.05) is 7.05 Å². The van der Waals surface area contributed by atoms with Crippen LogP contribution in [0.25, 0.3) is 0 Å². The lowest BCUT2D eigenvalue weighted by molar-refractivity contribution is -0.252. The fourth-order valence-corrected chi connectivity index (χ4v) is 13.2. The smallest absolute Gasteiger partial charge is 0.328 e. The van der Waals surface area contributed by atoms with Gasteiger partial charge < -0.3 is 30.3 Å². The molecule has 0 aromatic rings. The fourth-order valence-electron chi connectivity index (χ4n) is 13.2. The number of fused-ring (bicyclic) bond motifs is 2. The molecule has 2 spiro atoms. The SMILES string of the molecule is C[C@@H](C(=O)O[C@H]1C[C@@H]2[C@]3(CC[C@]4(C)[C@@H]([C@]5(C)CC[C@@H](C(C)(C)O)O5)[C@@H](O)C[C@@]24C)C[C@@]32CCC(F)(F)C(C)(C)[C@H]12)N(C)C(=O)CCC(N)=O. The number of nitrogens with two attached hydrogens (primary N) is 1. The largest absolute Gasteiger partial charge is 0.460 e. The summed E-state index contributed by atoms with van der Waals surface area (Å²) < 4.78 is 44.9. The first-order valence-electron chi connectivity index (χ1n) is 18.5. The van der Waals surface area contributed by atoms with Gasteiger partial charge in [-0.3, -0.25) is 9.59 Å². The quantitative estimate of drug-likeness (QED) is 0.290. The van der Waals surface area contributed by atoms with Crippen molar-refractivity contribution in [3.8, 4) is 0 Å². The zero-order chi connectivity index (χ0) is 36.5. The van der Waals surface area contributed by atoms with E-state index in [4.69, 9.17) is 15.2 Å². The average Bonchev–Trinajstić information content (AvgIpc) is 3.36. The van der Waals surface area contributed by atoms with Crippen LogP contribution in [0.1, 0.15) is 126 Å². The number of likely N-dealkylation sites (N-methyl/N-ethyl adjacent to an activating group) is 1. The number of hydrogen-bond donors (Lipinski definition) is 3. The van der Waals surface area contributed by atoms with Crippen molar-refractivity contribution in [3.63, 3.8) is 0 Å². The van der Waals surface area contributed by atoms with Crippen LogP contribution in [-0.4, -0.2) is 81.4 Å². The Morgan fingerprint density at radius 1 is 0.980 bits per heavy atom. The van der Waals surface area contributed by atoms with Gasteiger partial charge in [0.15, 0.2) is 0 Å². The topological polar surface area (TPSA) is 139 Å². The molecule has 278 valence electrons. The summed E-state index contributed by atoms with van der Waals surface area (Å²) in [6.07, 6.45) is 3.02. The Bertz CT molecular complexity index is 1400. The predicted octanol–water partition coefficient (Wildman–Crippen LogP) is 5.37. The van der Waals surface area contributed by atoms with E-state index in [0.29, 0.717) is 25.7 Å². The van der Waals surface area contributed by atoms with E-state index in [2.05, 4.69) is 20.8 Å². The average molecular weight is 695 g/mol. The highest BCUT2D eigenvalue weighted by Crippen LogP contribution is 2.90. The number of nitrogens with zero attached hydrogens (tertiary/aromatic N) is 1. The van der Waals surface area contributed by atoms with Crippen LogP contribution in [0, 0.1) is 44.8 Å². The molecular weight excluding hydrogens is 634 g/mol. The molecule has 1 saturated heterocycles. The number of carbonyl (C=O) groups is 3. The molecule has 2 amide bonds. The number of carbonyl (C=O) groups excluding carboxylic acids is 3. The molecule has 6 rings (SSSR count). The van der Waals surface area contributed by atoms with Crippen molar-refractivity contribution >= 4 is 17.8 Å². The standard InChI is InChI=1S/C38H60F2N2O7/c1-21(42(9)27(45)11-10-26(41)44)30(46)48-23-18-24-34(7)19-22(43)28(35(8)13-12-25(49-35)32(4,5)47)33(34,6)14-15-36(24)20-37(36)16-17-38(39,40)31(2,3)29(23)37/h21-25,28-29,43,47H,10-20H2,1-9H3,(H2,41,44)/t21-,22-,23-,24-,25-,28-,29-,33+,34-,35-,36-,37+/m0/s1. The number of alkyl halides is 2. The summed E-state index contributed by atoms with van der Waals surface area (Å²) in [4.78, 5) is 39.1. The van der Waals surface area contributed by atoms with Crippen LogP contribution in [0.4, 0.5) is 8.78 Å². The van der Waals surface area contributed by atoms with E-state index < -0.39 is 69.9 Å². The lowest BCUT2D eigenvalue weighted by Gasteiger charge is -2.65. The minimum absolute atomic E-state index is 0.0234. The van der Waals surface area contributed by atoms with Gasteiger partial charge in [0.25, 0.3) is 5.92 Å². The van der Waals surface area contributed by atoms with Crippen LogP contribution in [0.5, 0.6) is 0 Å². The second kappa shape index (κ2) is 11.1. The molecule has 6 aliphatic rings. The number of ether oxygens (including phenoxy) is 2. The lowest BCUT2D eigenvalue weighted by Crippen LogP contribution is -2.64. The maximum absolute atomic E-state index is 15.9. The summed E-state index contributed by atoms with van der Waals surface area (Å²) in [7, 11) is 1.48. The van der Waals surface area contributed by atoms with Gasteiger partial charge in [0.05, 0.1) is 23.4 Å². The number of hydrogen-bond acceptors (Lipinski definition) is 7. The second-order valence-electron chi connectivity index (χ2n) is 19.0. The molecule has 11 heteroatoms. The normalized spacial score (nSPS) is 46.8. The molecule has 1 heterocycles. The van der Waals surface area contributed by atoms with Crippen molar-refractivity contribution in [1.82, 2.24) is 4.90 Å². The van der Waals surface area contributed by atoms with E-state index in [1.807, 2.05) is 0 Å². The first-order valence-corrected chi connectivity index (χ1v) is 18.5. The van der Waals surface area contributed by atoms with Crippen molar-refractivity contribution in [2.45, 2.75) is 167 Å². The zero-order valence-electron chi connectivity index (χ0n) is 31.0. The monoisotopic (exact) mass is 694 g/mol. The van der Waals surface area contributed by atoms with Gasteiger partial charge in [-0.1, -0.05) is 27.7 Å². The molecule has 6 fully saturated rings. The number of esters is 1. The van der Waals surface area contributed by atoms with Gasteiger partial charge >= 0.3 is 5.97 Å². The molecule has 9 nitrogen and oxygen atoms in total. The molecule has 4 N–H and O–H groups in total. The Balaban J connectivity index is 1.34. The third-order valence-electron chi connectivity index (χ3n) is 16.0. The van der Waals surface area contributed by atoms with Gasteiger partial charge in [-0.25, -0.2) is 13.6 Å². The van der Waals surface area contributed by atoms with Crippen LogP contribution in [0.3, 0.4) is 0 Å². The van der Waals surface area contributed by atoms with Gasteiger partial charge in [0.2, 0.25) is 11.8 Å². The molecular formula is C38H60F2N2O7. The van der Waals surface area contributed by atoms with Crippen molar-refractivity contribution in [2.24, 2.45) is 50.6 Å². The van der Waals surface area contributed by atoms with Crippen LogP contribution < -0.4 is 5.73 Å². The highest BCUT2D eigenvalue weighted by molar-refractivity contribution is 5.86. The fraction of sp³-hybridized carbons (Fsp3) is 0.921. The molecule has 49 heavy (non-hydrogen) atoms. The number of halogens is 2. The third kappa shape index (κ3) is 5.00. The highest BCUT2D eigenvalue weighted by Gasteiger charge is 2.86. The van der Waals surface area contributed by atoms with Gasteiger partial charge in [0, 0.05) is 43.6 Å². The Hall–Kier alpha value is -1.85. The van der Waals surface area contributed by atoms with Crippen molar-refractivity contribution < 1.29 is 42.9 Å². The van der Waals surface area contributed by atoms with E-state index >= 15 is 8.78 Å². The Kier molecular flexibility index (Phi) is 8.35. The molecule has 5 saturated carbocycles. The molecule has 0 aromatic heterocycles. The lowest BCUT2D eigenvalue weighted by atomic mass is 9.41. The van der Waals surface area contributed by atoms with Crippen LogP contribution in [0.2, 0.25) is 0 Å². The minimum atomic E-state index is -2.94. The van der Waals surface area contributed by atoms with Gasteiger partial charge in [-0.15, -0.1) is 0 Å². The number of rotatable bonds is 8. The number of aliphatic hydroxyl groups excluding tert-OH is 1. The van der Waals surface area contributed by atoms with Gasteiger partial charge in [0.1, 0.15) is 12.1 Å². The Labute approximate surface area is 290 Å². The van der Waals surface area contributed by atoms with E-state index in [1.165, 1.54) is 11.9 Å². The highest BCUT2D eigenvalue weighted by atomic mass is 19.3. The Morgan fingerprint density at radius 2 is 1.61 bits per heavy atom. The molecule has 0 unspecified atom stereocenters. The number of primary amides is 1. The van der Waals surface area contributed by atoms with E-state index in [-0.39, 0.29) is 53.4 Å². The summed E-state index contributed by atoms with van der Waals surface area (Å²) >= 11 is 0. The zero-order valence-corrected chi connectivity index (χ0v) is 31.0. The first-order chi connectivity index (χ1) is 22.3. The van der Waals surface area contributed by atoms with E-state index in [9.17, 15) is 24.6 Å². The van der Waals surface area contributed by atoms with Crippen molar-refractivity contribution in [1.29, 1.82) is 0 Å². The molecule has 0 bridgehead atoms. The van der Waals surface area contributed by atoms with Crippen molar-refractivity contribution in [3.05, 3.63) is 0 Å². The minimum Gasteiger partial charge on any atom is -0.460 e. The van der Waals surface area contributed by atoms with Gasteiger partial charge in [-0.05, 0) is 107 Å². The van der Waals surface area contributed by atoms with Crippen LogP contribution in [-0.2, 0) is 23.9 Å². The number of amides is 2. The summed E-state index contributed by atoms with van der Waals surface area (Å²) in [6, 6.07) is -0.984. The van der Waals surface area contributed by atoms with E-state index in [1.54, 1.807) is 34.6 Å². The second-order valence-corrected chi connectivity index (χ2v) is 19.0. The summed E-state index contributed by atoms with van der Waals surface area (Å²) in [5.41, 5.74) is 0.835. The molecule has 5 aliphatic carbocycles. The summed E-state index contributed by atoms with van der Waals surface area (Å²) in [6.45, 7) is 15.0. The van der Waals surface area contributed by atoms with Crippen LogP contribution in [0.15, 0.2) is 0 Å².